The number of carbonyl (C=O) groups excluding carboxylic acids is 1. The molecule has 1 fully saturated rings. The second kappa shape index (κ2) is 5.99. The molecule has 1 aliphatic carbocycles. The van der Waals surface area contributed by atoms with Gasteiger partial charge in [-0.25, -0.2) is 0 Å². The second-order valence-electron chi connectivity index (χ2n) is 5.17. The quantitative estimate of drug-likeness (QED) is 0.922. The number of nitrogens with one attached hydrogen (secondary N) is 1. The lowest BCUT2D eigenvalue weighted by Crippen LogP contribution is -2.39. The highest BCUT2D eigenvalue weighted by atomic mass is 32.2. The molecule has 0 saturated heterocycles. The van der Waals surface area contributed by atoms with Gasteiger partial charge in [0.1, 0.15) is 0 Å². The van der Waals surface area contributed by atoms with Crippen LogP contribution in [0, 0.1) is 13.8 Å². The van der Waals surface area contributed by atoms with Crippen molar-refractivity contribution in [2.24, 2.45) is 7.05 Å². The molecule has 1 amide bonds. The standard InChI is InChI=1S/C14H23N3OS/c1-5-19-12-8-6-7-11(12)15-14(18)13-9(2)16-17(4)10(13)3/h11-12H,5-8H2,1-4H3,(H,15,18)/t11-,12-/m1/s1. The van der Waals surface area contributed by atoms with Gasteiger partial charge in [-0.3, -0.25) is 9.48 Å². The first-order valence-corrected chi connectivity index (χ1v) is 8.02. The Labute approximate surface area is 119 Å². The molecule has 0 unspecified atom stereocenters. The summed E-state index contributed by atoms with van der Waals surface area (Å²) in [6.07, 6.45) is 3.53. The SMILES string of the molecule is CCS[C@@H]1CCC[C@H]1NC(=O)c1c(C)nn(C)c1C. The van der Waals surface area contributed by atoms with Crippen LogP contribution in [0.5, 0.6) is 0 Å². The number of rotatable bonds is 4. The van der Waals surface area contributed by atoms with Crippen molar-refractivity contribution in [3.63, 3.8) is 0 Å². The molecule has 0 spiro atoms. The van der Waals surface area contributed by atoms with Gasteiger partial charge in [0.05, 0.1) is 11.3 Å². The van der Waals surface area contributed by atoms with Gasteiger partial charge in [-0.1, -0.05) is 13.3 Å². The van der Waals surface area contributed by atoms with Crippen LogP contribution in [-0.4, -0.2) is 32.7 Å². The van der Waals surface area contributed by atoms with E-state index in [2.05, 4.69) is 17.3 Å². The van der Waals surface area contributed by atoms with E-state index in [1.807, 2.05) is 32.7 Å². The number of hydrogen-bond acceptors (Lipinski definition) is 3. The zero-order valence-corrected chi connectivity index (χ0v) is 13.0. The predicted octanol–water partition coefficient (Wildman–Crippen LogP) is 2.44. The van der Waals surface area contributed by atoms with E-state index in [1.54, 1.807) is 4.68 Å². The van der Waals surface area contributed by atoms with E-state index in [9.17, 15) is 4.79 Å². The van der Waals surface area contributed by atoms with Gasteiger partial charge in [-0.05, 0) is 32.4 Å². The summed E-state index contributed by atoms with van der Waals surface area (Å²) >= 11 is 1.96. The van der Waals surface area contributed by atoms with Crippen LogP contribution in [0.3, 0.4) is 0 Å². The van der Waals surface area contributed by atoms with E-state index < -0.39 is 0 Å². The highest BCUT2D eigenvalue weighted by Gasteiger charge is 2.30. The van der Waals surface area contributed by atoms with Crippen LogP contribution in [-0.2, 0) is 7.05 Å². The molecule has 106 valence electrons. The van der Waals surface area contributed by atoms with Crippen LogP contribution in [0.25, 0.3) is 0 Å². The number of hydrogen-bond donors (Lipinski definition) is 1. The monoisotopic (exact) mass is 281 g/mol. The Hall–Kier alpha value is -0.970. The number of aryl methyl sites for hydroxylation is 2. The summed E-state index contributed by atoms with van der Waals surface area (Å²) in [4.78, 5) is 12.4. The fourth-order valence-electron chi connectivity index (χ4n) is 2.85. The maximum Gasteiger partial charge on any atom is 0.255 e. The fourth-order valence-corrected chi connectivity index (χ4v) is 4.05. The summed E-state index contributed by atoms with van der Waals surface area (Å²) < 4.78 is 1.77. The lowest BCUT2D eigenvalue weighted by Gasteiger charge is -2.20. The molecule has 0 radical (unpaired) electrons. The maximum atomic E-state index is 12.4. The van der Waals surface area contributed by atoms with Crippen LogP contribution in [0.15, 0.2) is 0 Å². The molecule has 1 aliphatic rings. The number of thioether (sulfide) groups is 1. The average Bonchev–Trinajstić information content (AvgIpc) is 2.86. The lowest BCUT2D eigenvalue weighted by molar-refractivity contribution is 0.0937. The van der Waals surface area contributed by atoms with Gasteiger partial charge in [0.2, 0.25) is 0 Å². The minimum Gasteiger partial charge on any atom is -0.348 e. The van der Waals surface area contributed by atoms with Crippen molar-refractivity contribution in [2.75, 3.05) is 5.75 Å². The van der Waals surface area contributed by atoms with Crippen molar-refractivity contribution >= 4 is 17.7 Å². The van der Waals surface area contributed by atoms with Gasteiger partial charge >= 0.3 is 0 Å². The number of amides is 1. The molecule has 5 heteroatoms. The van der Waals surface area contributed by atoms with Crippen molar-refractivity contribution in [1.82, 2.24) is 15.1 Å². The van der Waals surface area contributed by atoms with Crippen LogP contribution < -0.4 is 5.32 Å². The minimum atomic E-state index is 0.0386. The maximum absolute atomic E-state index is 12.4. The zero-order valence-electron chi connectivity index (χ0n) is 12.2. The molecule has 1 aromatic rings. The lowest BCUT2D eigenvalue weighted by atomic mass is 10.1. The smallest absolute Gasteiger partial charge is 0.255 e. The molecule has 1 saturated carbocycles. The van der Waals surface area contributed by atoms with Crippen LogP contribution in [0.1, 0.15) is 47.9 Å². The zero-order chi connectivity index (χ0) is 14.0. The molecule has 1 N–H and O–H groups in total. The molecule has 0 bridgehead atoms. The first kappa shape index (κ1) is 14.4. The molecule has 4 nitrogen and oxygen atoms in total. The van der Waals surface area contributed by atoms with Gasteiger partial charge in [-0.15, -0.1) is 0 Å². The van der Waals surface area contributed by atoms with Crippen molar-refractivity contribution in [3.05, 3.63) is 17.0 Å². The normalized spacial score (nSPS) is 22.7. The Morgan fingerprint density at radius 3 is 2.79 bits per heavy atom. The van der Waals surface area contributed by atoms with E-state index in [0.717, 1.165) is 29.1 Å². The molecule has 0 aromatic carbocycles. The largest absolute Gasteiger partial charge is 0.348 e. The highest BCUT2D eigenvalue weighted by Crippen LogP contribution is 2.30. The number of aromatic nitrogens is 2. The van der Waals surface area contributed by atoms with Gasteiger partial charge in [-0.2, -0.15) is 16.9 Å². The molecule has 1 heterocycles. The summed E-state index contributed by atoms with van der Waals surface area (Å²) in [7, 11) is 1.88. The highest BCUT2D eigenvalue weighted by molar-refractivity contribution is 7.99. The minimum absolute atomic E-state index is 0.0386. The van der Waals surface area contributed by atoms with E-state index in [4.69, 9.17) is 0 Å². The van der Waals surface area contributed by atoms with E-state index in [-0.39, 0.29) is 5.91 Å². The van der Waals surface area contributed by atoms with Gasteiger partial charge in [0.15, 0.2) is 0 Å². The van der Waals surface area contributed by atoms with Gasteiger partial charge in [0, 0.05) is 24.0 Å². The third-order valence-electron chi connectivity index (χ3n) is 3.89. The van der Waals surface area contributed by atoms with E-state index in [1.165, 1.54) is 12.8 Å². The van der Waals surface area contributed by atoms with Crippen molar-refractivity contribution < 1.29 is 4.79 Å². The Kier molecular flexibility index (Phi) is 4.55. The van der Waals surface area contributed by atoms with E-state index >= 15 is 0 Å². The summed E-state index contributed by atoms with van der Waals surface area (Å²) in [6, 6.07) is 0.316. The summed E-state index contributed by atoms with van der Waals surface area (Å²) in [5, 5.41) is 8.10. The van der Waals surface area contributed by atoms with Gasteiger partial charge in [0.25, 0.3) is 5.91 Å². The molecule has 0 aliphatic heterocycles. The third-order valence-corrected chi connectivity index (χ3v) is 5.21. The molecular formula is C14H23N3OS. The molecule has 2 rings (SSSR count). The topological polar surface area (TPSA) is 46.9 Å². The van der Waals surface area contributed by atoms with Gasteiger partial charge < -0.3 is 5.32 Å². The van der Waals surface area contributed by atoms with Crippen LogP contribution in [0.2, 0.25) is 0 Å². The average molecular weight is 281 g/mol. The summed E-state index contributed by atoms with van der Waals surface area (Å²) in [5.74, 6) is 1.15. The summed E-state index contributed by atoms with van der Waals surface area (Å²) in [6.45, 7) is 6.02. The fraction of sp³-hybridized carbons (Fsp3) is 0.714. The predicted molar refractivity (Wildman–Crippen MR) is 79.7 cm³/mol. The molecule has 1 aromatic heterocycles. The molecular weight excluding hydrogens is 258 g/mol. The van der Waals surface area contributed by atoms with Crippen molar-refractivity contribution in [1.29, 1.82) is 0 Å². The Balaban J connectivity index is 2.08. The molecule has 2 atom stereocenters. The Bertz CT molecular complexity index is 470. The first-order chi connectivity index (χ1) is 9.04. The Morgan fingerprint density at radius 2 is 2.21 bits per heavy atom. The number of nitrogens with zero attached hydrogens (tertiary/aromatic N) is 2. The van der Waals surface area contributed by atoms with Crippen LogP contribution >= 0.6 is 11.8 Å². The van der Waals surface area contributed by atoms with Crippen LogP contribution in [0.4, 0.5) is 0 Å². The summed E-state index contributed by atoms with van der Waals surface area (Å²) in [5.41, 5.74) is 2.50. The van der Waals surface area contributed by atoms with Crippen molar-refractivity contribution in [2.45, 2.75) is 51.3 Å². The van der Waals surface area contributed by atoms with Crippen molar-refractivity contribution in [3.8, 4) is 0 Å². The third kappa shape index (κ3) is 2.96. The second-order valence-corrected chi connectivity index (χ2v) is 6.69. The first-order valence-electron chi connectivity index (χ1n) is 6.97. The molecule has 19 heavy (non-hydrogen) atoms. The Morgan fingerprint density at radius 1 is 1.47 bits per heavy atom. The van der Waals surface area contributed by atoms with E-state index in [0.29, 0.717) is 11.3 Å². The number of carbonyl (C=O) groups is 1.